The summed E-state index contributed by atoms with van der Waals surface area (Å²) in [5, 5.41) is 5.12. The van der Waals surface area contributed by atoms with Crippen LogP contribution in [0.4, 0.5) is 5.69 Å². The molecule has 150 valence electrons. The number of amides is 1. The molecule has 7 heteroatoms. The summed E-state index contributed by atoms with van der Waals surface area (Å²) in [5.74, 6) is 1.23. The largest absolute Gasteiger partial charge is 0.486 e. The second-order valence-corrected chi connectivity index (χ2v) is 7.47. The van der Waals surface area contributed by atoms with Crippen molar-refractivity contribution in [2.24, 2.45) is 0 Å². The quantitative estimate of drug-likeness (QED) is 0.636. The predicted molar refractivity (Wildman–Crippen MR) is 113 cm³/mol. The Morgan fingerprint density at radius 1 is 1.07 bits per heavy atom. The maximum absolute atomic E-state index is 13.3. The van der Waals surface area contributed by atoms with Gasteiger partial charge in [0.15, 0.2) is 11.5 Å². The van der Waals surface area contributed by atoms with Crippen molar-refractivity contribution < 1.29 is 14.3 Å². The minimum absolute atomic E-state index is 0.117. The molecule has 2 heterocycles. The summed E-state index contributed by atoms with van der Waals surface area (Å²) in [6, 6.07) is 11.2. The molecule has 1 aromatic heterocycles. The molecule has 0 radical (unpaired) electrons. The minimum Gasteiger partial charge on any atom is -0.486 e. The third kappa shape index (κ3) is 3.44. The van der Waals surface area contributed by atoms with Gasteiger partial charge in [-0.05, 0) is 50.6 Å². The van der Waals surface area contributed by atoms with Crippen LogP contribution < -0.4 is 14.4 Å². The Balaban J connectivity index is 1.68. The Labute approximate surface area is 174 Å². The average molecular weight is 412 g/mol. The number of rotatable bonds is 3. The van der Waals surface area contributed by atoms with Crippen LogP contribution >= 0.6 is 11.6 Å². The Morgan fingerprint density at radius 2 is 1.79 bits per heavy atom. The molecule has 3 aromatic rings. The van der Waals surface area contributed by atoms with Crippen LogP contribution in [-0.4, -0.2) is 35.9 Å². The van der Waals surface area contributed by atoms with E-state index in [-0.39, 0.29) is 5.91 Å². The van der Waals surface area contributed by atoms with Crippen LogP contribution in [-0.2, 0) is 0 Å². The molecular weight excluding hydrogens is 390 g/mol. The SMILES string of the molecule is Cc1ccc(-n2nc(C)c(Cl)c2C)cc1C(=O)N(C)c1ccc2c(c1)OCCO2. The van der Waals surface area contributed by atoms with Gasteiger partial charge in [-0.3, -0.25) is 4.79 Å². The number of benzene rings is 2. The van der Waals surface area contributed by atoms with Crippen molar-refractivity contribution in [1.82, 2.24) is 9.78 Å². The molecule has 0 bridgehead atoms. The van der Waals surface area contributed by atoms with Crippen LogP contribution in [0.5, 0.6) is 11.5 Å². The van der Waals surface area contributed by atoms with Crippen LogP contribution in [0.25, 0.3) is 5.69 Å². The monoisotopic (exact) mass is 411 g/mol. The van der Waals surface area contributed by atoms with Crippen molar-refractivity contribution in [3.05, 3.63) is 63.9 Å². The van der Waals surface area contributed by atoms with Crippen molar-refractivity contribution in [1.29, 1.82) is 0 Å². The van der Waals surface area contributed by atoms with Crippen LogP contribution in [0.3, 0.4) is 0 Å². The highest BCUT2D eigenvalue weighted by molar-refractivity contribution is 6.31. The van der Waals surface area contributed by atoms with Crippen molar-refractivity contribution in [3.63, 3.8) is 0 Å². The lowest BCUT2D eigenvalue weighted by Gasteiger charge is -2.23. The number of halogens is 1. The lowest BCUT2D eigenvalue weighted by molar-refractivity contribution is 0.0992. The Morgan fingerprint density at radius 3 is 2.48 bits per heavy atom. The summed E-state index contributed by atoms with van der Waals surface area (Å²) in [5.41, 5.74) is 4.61. The molecule has 0 saturated heterocycles. The van der Waals surface area contributed by atoms with Gasteiger partial charge in [0, 0.05) is 24.4 Å². The Bertz CT molecular complexity index is 1110. The van der Waals surface area contributed by atoms with E-state index in [1.54, 1.807) is 16.6 Å². The van der Waals surface area contributed by atoms with Crippen LogP contribution in [0, 0.1) is 20.8 Å². The summed E-state index contributed by atoms with van der Waals surface area (Å²) in [4.78, 5) is 14.9. The normalized spacial score (nSPS) is 12.7. The molecule has 0 saturated carbocycles. The van der Waals surface area contributed by atoms with Gasteiger partial charge in [-0.25, -0.2) is 4.68 Å². The molecule has 0 aliphatic carbocycles. The van der Waals surface area contributed by atoms with E-state index in [1.165, 1.54) is 0 Å². The Kier molecular flexibility index (Phi) is 4.96. The van der Waals surface area contributed by atoms with E-state index in [4.69, 9.17) is 21.1 Å². The van der Waals surface area contributed by atoms with Gasteiger partial charge in [-0.2, -0.15) is 5.10 Å². The first kappa shape index (κ1) is 19.3. The highest BCUT2D eigenvalue weighted by atomic mass is 35.5. The summed E-state index contributed by atoms with van der Waals surface area (Å²) in [7, 11) is 1.75. The van der Waals surface area contributed by atoms with Gasteiger partial charge in [0.1, 0.15) is 13.2 Å². The van der Waals surface area contributed by atoms with E-state index in [1.807, 2.05) is 57.2 Å². The van der Waals surface area contributed by atoms with Gasteiger partial charge >= 0.3 is 0 Å². The first-order valence-electron chi connectivity index (χ1n) is 9.37. The fourth-order valence-electron chi connectivity index (χ4n) is 3.39. The fraction of sp³-hybridized carbons (Fsp3) is 0.273. The first-order chi connectivity index (χ1) is 13.9. The molecule has 6 nitrogen and oxygen atoms in total. The van der Waals surface area contributed by atoms with E-state index in [0.29, 0.717) is 35.3 Å². The van der Waals surface area contributed by atoms with Crippen molar-refractivity contribution >= 4 is 23.2 Å². The van der Waals surface area contributed by atoms with E-state index in [0.717, 1.165) is 28.3 Å². The molecule has 0 N–H and O–H groups in total. The number of hydrogen-bond acceptors (Lipinski definition) is 4. The molecule has 2 aromatic carbocycles. The molecule has 0 fully saturated rings. The summed E-state index contributed by atoms with van der Waals surface area (Å²) >= 11 is 6.29. The highest BCUT2D eigenvalue weighted by Crippen LogP contribution is 2.34. The standard InChI is InChI=1S/C22H22ClN3O3/c1-13-5-6-17(26-15(3)21(23)14(2)24-26)11-18(13)22(27)25(4)16-7-8-19-20(12-16)29-10-9-28-19/h5-8,11-12H,9-10H2,1-4H3. The van der Waals surface area contributed by atoms with Gasteiger partial charge in [-0.1, -0.05) is 17.7 Å². The van der Waals surface area contributed by atoms with Gasteiger partial charge in [0.25, 0.3) is 5.91 Å². The number of nitrogens with zero attached hydrogens (tertiary/aromatic N) is 3. The number of aromatic nitrogens is 2. The van der Waals surface area contributed by atoms with Crippen LogP contribution in [0.15, 0.2) is 36.4 Å². The van der Waals surface area contributed by atoms with Gasteiger partial charge in [-0.15, -0.1) is 0 Å². The van der Waals surface area contributed by atoms with E-state index >= 15 is 0 Å². The lowest BCUT2D eigenvalue weighted by Crippen LogP contribution is -2.27. The summed E-state index contributed by atoms with van der Waals surface area (Å²) < 4.78 is 13.0. The number of hydrogen-bond donors (Lipinski definition) is 0. The van der Waals surface area contributed by atoms with Gasteiger partial charge < -0.3 is 14.4 Å². The molecule has 4 rings (SSSR count). The maximum atomic E-state index is 13.3. The first-order valence-corrected chi connectivity index (χ1v) is 9.75. The van der Waals surface area contributed by atoms with E-state index in [2.05, 4.69) is 5.10 Å². The van der Waals surface area contributed by atoms with Crippen LogP contribution in [0.1, 0.15) is 27.3 Å². The van der Waals surface area contributed by atoms with E-state index < -0.39 is 0 Å². The number of carbonyl (C=O) groups is 1. The number of ether oxygens (including phenoxy) is 2. The minimum atomic E-state index is -0.117. The molecule has 1 aliphatic heterocycles. The summed E-state index contributed by atoms with van der Waals surface area (Å²) in [6.07, 6.45) is 0. The average Bonchev–Trinajstić information content (AvgIpc) is 3.00. The lowest BCUT2D eigenvalue weighted by atomic mass is 10.1. The Hall–Kier alpha value is -2.99. The van der Waals surface area contributed by atoms with Crippen LogP contribution in [0.2, 0.25) is 5.02 Å². The highest BCUT2D eigenvalue weighted by Gasteiger charge is 2.20. The molecule has 0 spiro atoms. The third-order valence-electron chi connectivity index (χ3n) is 5.12. The molecule has 1 aliphatic rings. The van der Waals surface area contributed by atoms with Crippen molar-refractivity contribution in [2.45, 2.75) is 20.8 Å². The molecule has 1 amide bonds. The zero-order chi connectivity index (χ0) is 20.7. The maximum Gasteiger partial charge on any atom is 0.258 e. The zero-order valence-electron chi connectivity index (χ0n) is 16.8. The third-order valence-corrected chi connectivity index (χ3v) is 5.66. The molecule has 0 atom stereocenters. The summed E-state index contributed by atoms with van der Waals surface area (Å²) in [6.45, 7) is 6.72. The fourth-order valence-corrected chi connectivity index (χ4v) is 3.50. The predicted octanol–water partition coefficient (Wildman–Crippen LogP) is 4.50. The topological polar surface area (TPSA) is 56.6 Å². The molecule has 29 heavy (non-hydrogen) atoms. The number of anilines is 1. The number of fused-ring (bicyclic) bond motifs is 1. The van der Waals surface area contributed by atoms with Gasteiger partial charge in [0.2, 0.25) is 0 Å². The second-order valence-electron chi connectivity index (χ2n) is 7.09. The van der Waals surface area contributed by atoms with E-state index in [9.17, 15) is 4.79 Å². The zero-order valence-corrected chi connectivity index (χ0v) is 17.6. The smallest absolute Gasteiger partial charge is 0.258 e. The molecular formula is C22H22ClN3O3. The number of aryl methyl sites for hydroxylation is 2. The van der Waals surface area contributed by atoms with Gasteiger partial charge in [0.05, 0.1) is 22.1 Å². The van der Waals surface area contributed by atoms with Crippen molar-refractivity contribution in [3.8, 4) is 17.2 Å². The molecule has 0 unspecified atom stereocenters. The number of carbonyl (C=O) groups excluding carboxylic acids is 1. The second kappa shape index (κ2) is 7.44. The van der Waals surface area contributed by atoms with Crippen molar-refractivity contribution in [2.75, 3.05) is 25.2 Å².